The predicted molar refractivity (Wildman–Crippen MR) is 108 cm³/mol. The second-order valence-electron chi connectivity index (χ2n) is 8.32. The third-order valence-electron chi connectivity index (χ3n) is 6.49. The lowest BCUT2D eigenvalue weighted by Crippen LogP contribution is -2.47. The first-order valence-electron chi connectivity index (χ1n) is 10.3. The van der Waals surface area contributed by atoms with Crippen molar-refractivity contribution in [1.29, 1.82) is 5.26 Å². The highest BCUT2D eigenvalue weighted by Gasteiger charge is 2.54. The quantitative estimate of drug-likeness (QED) is 0.889. The number of amides is 1. The van der Waals surface area contributed by atoms with E-state index in [1.54, 1.807) is 0 Å². The minimum Gasteiger partial charge on any atom is -0.382 e. The average molecular weight is 375 g/mol. The molecule has 3 atom stereocenters. The van der Waals surface area contributed by atoms with Crippen LogP contribution in [0.2, 0.25) is 0 Å². The standard InChI is InChI=1S/C22H25N5O/c23-13-17-11-15-12-21(15)27(17)22(28)14-26-9-6-16(7-10-26)25-20-5-1-4-19-18(20)3-2-8-24-19/h1-5,8,15-17,21,25H,6-7,9-12,14H2/t15?,17?,21-/m0/s1. The summed E-state index contributed by atoms with van der Waals surface area (Å²) in [5.74, 6) is 0.724. The Kier molecular flexibility index (Phi) is 4.40. The molecule has 2 aromatic rings. The van der Waals surface area contributed by atoms with E-state index in [9.17, 15) is 10.1 Å². The Morgan fingerprint density at radius 1 is 1.21 bits per heavy atom. The van der Waals surface area contributed by atoms with Crippen LogP contribution in [0.5, 0.6) is 0 Å². The van der Waals surface area contributed by atoms with Gasteiger partial charge in [0.15, 0.2) is 0 Å². The zero-order valence-corrected chi connectivity index (χ0v) is 15.9. The van der Waals surface area contributed by atoms with E-state index in [1.165, 1.54) is 0 Å². The predicted octanol–water partition coefficient (Wildman–Crippen LogP) is 2.62. The number of nitriles is 1. The highest BCUT2D eigenvalue weighted by atomic mass is 16.2. The van der Waals surface area contributed by atoms with Crippen molar-refractivity contribution in [3.63, 3.8) is 0 Å². The van der Waals surface area contributed by atoms with Crippen LogP contribution in [0.3, 0.4) is 0 Å². The zero-order valence-electron chi connectivity index (χ0n) is 15.9. The number of nitrogens with zero attached hydrogens (tertiary/aromatic N) is 4. The van der Waals surface area contributed by atoms with Gasteiger partial charge < -0.3 is 10.2 Å². The lowest BCUT2D eigenvalue weighted by molar-refractivity contribution is -0.133. The third kappa shape index (κ3) is 3.20. The minimum atomic E-state index is -0.199. The fraction of sp³-hybridized carbons (Fsp3) is 0.500. The molecule has 3 fully saturated rings. The Bertz CT molecular complexity index is 925. The van der Waals surface area contributed by atoms with Gasteiger partial charge in [-0.3, -0.25) is 14.7 Å². The van der Waals surface area contributed by atoms with Crippen LogP contribution >= 0.6 is 0 Å². The van der Waals surface area contributed by atoms with Crippen molar-refractivity contribution in [3.05, 3.63) is 36.5 Å². The molecule has 3 heterocycles. The molecule has 3 aliphatic rings. The topological polar surface area (TPSA) is 72.3 Å². The van der Waals surface area contributed by atoms with Gasteiger partial charge in [0.25, 0.3) is 0 Å². The van der Waals surface area contributed by atoms with Crippen molar-refractivity contribution < 1.29 is 4.79 Å². The molecule has 6 heteroatoms. The maximum Gasteiger partial charge on any atom is 0.238 e. The summed E-state index contributed by atoms with van der Waals surface area (Å²) in [5, 5.41) is 14.1. The van der Waals surface area contributed by atoms with Gasteiger partial charge in [0, 0.05) is 42.4 Å². The molecule has 2 saturated heterocycles. The number of piperidine rings is 2. The second-order valence-corrected chi connectivity index (χ2v) is 8.32. The number of hydrogen-bond donors (Lipinski definition) is 1. The molecule has 5 rings (SSSR count). The van der Waals surface area contributed by atoms with Gasteiger partial charge in [-0.05, 0) is 55.9 Å². The van der Waals surface area contributed by atoms with Crippen molar-refractivity contribution in [2.24, 2.45) is 5.92 Å². The second kappa shape index (κ2) is 7.06. The van der Waals surface area contributed by atoms with Gasteiger partial charge in [0.2, 0.25) is 5.91 Å². The molecule has 0 spiro atoms. The largest absolute Gasteiger partial charge is 0.382 e. The Hall–Kier alpha value is -2.65. The van der Waals surface area contributed by atoms with Crippen molar-refractivity contribution in [3.8, 4) is 6.07 Å². The van der Waals surface area contributed by atoms with E-state index >= 15 is 0 Å². The number of pyridine rings is 1. The van der Waals surface area contributed by atoms with Crippen LogP contribution in [0.4, 0.5) is 5.69 Å². The summed E-state index contributed by atoms with van der Waals surface area (Å²) >= 11 is 0. The number of aromatic nitrogens is 1. The van der Waals surface area contributed by atoms with Crippen LogP contribution in [0.15, 0.2) is 36.5 Å². The van der Waals surface area contributed by atoms with Crippen molar-refractivity contribution in [1.82, 2.24) is 14.8 Å². The van der Waals surface area contributed by atoms with Crippen LogP contribution in [-0.4, -0.2) is 58.5 Å². The van der Waals surface area contributed by atoms with Gasteiger partial charge in [-0.25, -0.2) is 0 Å². The molecule has 1 aromatic heterocycles. The molecule has 28 heavy (non-hydrogen) atoms. The number of hydrogen-bond acceptors (Lipinski definition) is 5. The lowest BCUT2D eigenvalue weighted by atomic mass is 10.0. The van der Waals surface area contributed by atoms with E-state index in [0.29, 0.717) is 24.5 Å². The summed E-state index contributed by atoms with van der Waals surface area (Å²) in [6.45, 7) is 2.27. The summed E-state index contributed by atoms with van der Waals surface area (Å²) in [6, 6.07) is 13.1. The van der Waals surface area contributed by atoms with Gasteiger partial charge in [-0.1, -0.05) is 6.07 Å². The summed E-state index contributed by atoms with van der Waals surface area (Å²) in [5.41, 5.74) is 2.14. The first-order valence-corrected chi connectivity index (χ1v) is 10.3. The molecule has 1 saturated carbocycles. The van der Waals surface area contributed by atoms with E-state index in [-0.39, 0.29) is 11.9 Å². The van der Waals surface area contributed by atoms with E-state index < -0.39 is 0 Å². The molecule has 0 bridgehead atoms. The molecule has 1 N–H and O–H groups in total. The maximum atomic E-state index is 12.7. The Morgan fingerprint density at radius 2 is 2.07 bits per heavy atom. The first kappa shape index (κ1) is 17.4. The number of likely N-dealkylation sites (tertiary alicyclic amines) is 2. The van der Waals surface area contributed by atoms with E-state index in [1.807, 2.05) is 29.3 Å². The normalized spacial score (nSPS) is 27.4. The summed E-state index contributed by atoms with van der Waals surface area (Å²) in [7, 11) is 0. The highest BCUT2D eigenvalue weighted by molar-refractivity contribution is 5.91. The fourth-order valence-corrected chi connectivity index (χ4v) is 4.89. The molecule has 144 valence electrons. The van der Waals surface area contributed by atoms with Crippen LogP contribution in [0.25, 0.3) is 10.9 Å². The van der Waals surface area contributed by atoms with Gasteiger partial charge in [0.05, 0.1) is 18.1 Å². The van der Waals surface area contributed by atoms with Crippen LogP contribution in [0, 0.1) is 17.2 Å². The third-order valence-corrected chi connectivity index (χ3v) is 6.49. The smallest absolute Gasteiger partial charge is 0.238 e. The molecule has 1 amide bonds. The SMILES string of the molecule is N#CC1CC2C[C@@H]2N1C(=O)CN1CCC(Nc2cccc3ncccc23)CC1. The summed E-state index contributed by atoms with van der Waals surface area (Å²) < 4.78 is 0. The zero-order chi connectivity index (χ0) is 19.1. The number of anilines is 1. The molecule has 0 radical (unpaired) electrons. The Morgan fingerprint density at radius 3 is 2.89 bits per heavy atom. The number of carbonyl (C=O) groups excluding carboxylic acids is 1. The molecular formula is C22H25N5O. The number of carbonyl (C=O) groups is 1. The summed E-state index contributed by atoms with van der Waals surface area (Å²) in [6.07, 6.45) is 5.81. The van der Waals surface area contributed by atoms with Crippen LogP contribution < -0.4 is 5.32 Å². The van der Waals surface area contributed by atoms with E-state index in [2.05, 4.69) is 33.4 Å². The van der Waals surface area contributed by atoms with Gasteiger partial charge >= 0.3 is 0 Å². The first-order chi connectivity index (χ1) is 13.7. The van der Waals surface area contributed by atoms with E-state index in [0.717, 1.165) is 55.4 Å². The maximum absolute atomic E-state index is 12.7. The molecule has 1 aliphatic carbocycles. The van der Waals surface area contributed by atoms with Crippen LogP contribution in [0.1, 0.15) is 25.7 Å². The molecule has 1 aromatic carbocycles. The van der Waals surface area contributed by atoms with Crippen LogP contribution in [-0.2, 0) is 4.79 Å². The van der Waals surface area contributed by atoms with Crippen molar-refractivity contribution >= 4 is 22.5 Å². The van der Waals surface area contributed by atoms with Gasteiger partial charge in [0.1, 0.15) is 6.04 Å². The average Bonchev–Trinajstić information content (AvgIpc) is 3.39. The monoisotopic (exact) mass is 375 g/mol. The number of fused-ring (bicyclic) bond motifs is 2. The Balaban J connectivity index is 1.17. The van der Waals surface area contributed by atoms with Crippen molar-refractivity contribution in [2.75, 3.05) is 25.0 Å². The highest BCUT2D eigenvalue weighted by Crippen LogP contribution is 2.47. The summed E-state index contributed by atoms with van der Waals surface area (Å²) in [4.78, 5) is 21.3. The number of rotatable bonds is 4. The minimum absolute atomic E-state index is 0.142. The molecule has 2 unspecified atom stereocenters. The van der Waals surface area contributed by atoms with E-state index in [4.69, 9.17) is 0 Å². The Labute approximate surface area is 165 Å². The number of nitrogens with one attached hydrogen (secondary N) is 1. The van der Waals surface area contributed by atoms with Gasteiger partial charge in [-0.15, -0.1) is 0 Å². The lowest BCUT2D eigenvalue weighted by Gasteiger charge is -2.34. The molecule has 6 nitrogen and oxygen atoms in total. The van der Waals surface area contributed by atoms with Gasteiger partial charge in [-0.2, -0.15) is 5.26 Å². The molecule has 2 aliphatic heterocycles. The number of benzene rings is 1. The van der Waals surface area contributed by atoms with Crippen molar-refractivity contribution in [2.45, 2.75) is 43.8 Å². The fourth-order valence-electron chi connectivity index (χ4n) is 4.89. The molecular weight excluding hydrogens is 350 g/mol.